The Hall–Kier alpha value is -0.540. The molecular weight excluding hydrogens is 304 g/mol. The van der Waals surface area contributed by atoms with E-state index in [2.05, 4.69) is 22.9 Å². The second-order valence-electron chi connectivity index (χ2n) is 5.47. The van der Waals surface area contributed by atoms with E-state index in [-0.39, 0.29) is 0 Å². The standard InChI is InChI=1S/C16H23BrO2/c1-3-12-6-4-5-7-15(12)19-16-10-13(17)8-9-14(16)11(2)18/h8-12,15,18H,3-7H2,1-2H3/t11-,12?,15?/m0/s1. The van der Waals surface area contributed by atoms with Crippen LogP contribution in [0.2, 0.25) is 0 Å². The van der Waals surface area contributed by atoms with Crippen molar-refractivity contribution in [2.45, 2.75) is 58.2 Å². The number of benzene rings is 1. The number of rotatable bonds is 4. The van der Waals surface area contributed by atoms with E-state index in [0.29, 0.717) is 12.0 Å². The summed E-state index contributed by atoms with van der Waals surface area (Å²) in [5.74, 6) is 1.48. The first-order chi connectivity index (χ1) is 9.11. The van der Waals surface area contributed by atoms with Gasteiger partial charge in [-0.25, -0.2) is 0 Å². The Morgan fingerprint density at radius 2 is 2.11 bits per heavy atom. The first-order valence-corrected chi connectivity index (χ1v) is 8.05. The maximum Gasteiger partial charge on any atom is 0.126 e. The molecule has 1 aliphatic rings. The second kappa shape index (κ2) is 6.76. The first-order valence-electron chi connectivity index (χ1n) is 7.26. The van der Waals surface area contributed by atoms with Crippen LogP contribution >= 0.6 is 15.9 Å². The summed E-state index contributed by atoms with van der Waals surface area (Å²) in [6.07, 6.45) is 5.93. The molecule has 2 unspecified atom stereocenters. The van der Waals surface area contributed by atoms with Crippen molar-refractivity contribution in [3.05, 3.63) is 28.2 Å². The van der Waals surface area contributed by atoms with Gasteiger partial charge in [0.05, 0.1) is 6.10 Å². The van der Waals surface area contributed by atoms with Gasteiger partial charge in [-0.2, -0.15) is 0 Å². The van der Waals surface area contributed by atoms with Gasteiger partial charge in [-0.3, -0.25) is 0 Å². The Morgan fingerprint density at radius 3 is 2.79 bits per heavy atom. The maximum atomic E-state index is 9.85. The van der Waals surface area contributed by atoms with Crippen molar-refractivity contribution >= 4 is 15.9 Å². The number of hydrogen-bond donors (Lipinski definition) is 1. The van der Waals surface area contributed by atoms with Gasteiger partial charge in [0, 0.05) is 10.0 Å². The van der Waals surface area contributed by atoms with Crippen molar-refractivity contribution < 1.29 is 9.84 Å². The van der Waals surface area contributed by atoms with Crippen molar-refractivity contribution in [1.82, 2.24) is 0 Å². The Labute approximate surface area is 124 Å². The van der Waals surface area contributed by atoms with Crippen LogP contribution in [0.1, 0.15) is 57.6 Å². The SMILES string of the molecule is CCC1CCCCC1Oc1cc(Br)ccc1[C@H](C)O. The zero-order valence-electron chi connectivity index (χ0n) is 11.7. The summed E-state index contributed by atoms with van der Waals surface area (Å²) in [6, 6.07) is 5.87. The number of aliphatic hydroxyl groups is 1. The maximum absolute atomic E-state index is 9.85. The summed E-state index contributed by atoms with van der Waals surface area (Å²) in [6.45, 7) is 4.02. The third kappa shape index (κ3) is 3.73. The molecule has 0 bridgehead atoms. The lowest BCUT2D eigenvalue weighted by Crippen LogP contribution is -2.30. The summed E-state index contributed by atoms with van der Waals surface area (Å²) in [5.41, 5.74) is 0.878. The molecule has 2 nitrogen and oxygen atoms in total. The quantitative estimate of drug-likeness (QED) is 0.856. The van der Waals surface area contributed by atoms with E-state index in [1.165, 1.54) is 25.7 Å². The van der Waals surface area contributed by atoms with E-state index in [1.807, 2.05) is 18.2 Å². The van der Waals surface area contributed by atoms with E-state index in [0.717, 1.165) is 22.2 Å². The number of halogens is 1. The van der Waals surface area contributed by atoms with Crippen LogP contribution in [0.5, 0.6) is 5.75 Å². The molecule has 1 aromatic rings. The highest BCUT2D eigenvalue weighted by atomic mass is 79.9. The van der Waals surface area contributed by atoms with E-state index in [9.17, 15) is 5.11 Å². The van der Waals surface area contributed by atoms with E-state index in [4.69, 9.17) is 4.74 Å². The molecule has 19 heavy (non-hydrogen) atoms. The molecule has 3 heteroatoms. The summed E-state index contributed by atoms with van der Waals surface area (Å²) in [7, 11) is 0. The summed E-state index contributed by atoms with van der Waals surface area (Å²) >= 11 is 3.48. The minimum Gasteiger partial charge on any atom is -0.490 e. The van der Waals surface area contributed by atoms with Gasteiger partial charge >= 0.3 is 0 Å². The van der Waals surface area contributed by atoms with Crippen LogP contribution in [-0.4, -0.2) is 11.2 Å². The van der Waals surface area contributed by atoms with Crippen molar-refractivity contribution in [1.29, 1.82) is 0 Å². The predicted octanol–water partition coefficient (Wildman–Crippen LogP) is 4.85. The van der Waals surface area contributed by atoms with Gasteiger partial charge in [0.25, 0.3) is 0 Å². The van der Waals surface area contributed by atoms with Crippen molar-refractivity contribution in [3.8, 4) is 5.75 Å². The molecule has 0 saturated heterocycles. The van der Waals surface area contributed by atoms with Crippen molar-refractivity contribution in [2.75, 3.05) is 0 Å². The topological polar surface area (TPSA) is 29.5 Å². The lowest BCUT2D eigenvalue weighted by molar-refractivity contribution is 0.0854. The molecule has 0 radical (unpaired) electrons. The highest BCUT2D eigenvalue weighted by molar-refractivity contribution is 9.10. The van der Waals surface area contributed by atoms with E-state index >= 15 is 0 Å². The lowest BCUT2D eigenvalue weighted by atomic mass is 9.84. The van der Waals surface area contributed by atoms with Gasteiger partial charge in [0.15, 0.2) is 0 Å². The van der Waals surface area contributed by atoms with Gasteiger partial charge < -0.3 is 9.84 Å². The normalized spacial score (nSPS) is 25.1. The lowest BCUT2D eigenvalue weighted by Gasteiger charge is -2.32. The molecule has 0 aromatic heterocycles. The highest BCUT2D eigenvalue weighted by Gasteiger charge is 2.26. The molecule has 0 aliphatic heterocycles. The average Bonchev–Trinajstić information content (AvgIpc) is 2.39. The Kier molecular flexibility index (Phi) is 5.28. The molecule has 1 aliphatic carbocycles. The number of ether oxygens (including phenoxy) is 1. The van der Waals surface area contributed by atoms with Gasteiger partial charge in [-0.05, 0) is 50.7 Å². The van der Waals surface area contributed by atoms with Gasteiger partial charge in [0.2, 0.25) is 0 Å². The second-order valence-corrected chi connectivity index (χ2v) is 6.38. The summed E-state index contributed by atoms with van der Waals surface area (Å²) in [4.78, 5) is 0. The summed E-state index contributed by atoms with van der Waals surface area (Å²) < 4.78 is 7.24. The van der Waals surface area contributed by atoms with Crippen molar-refractivity contribution in [3.63, 3.8) is 0 Å². The largest absolute Gasteiger partial charge is 0.490 e. The molecule has 106 valence electrons. The van der Waals surface area contributed by atoms with E-state index in [1.54, 1.807) is 6.92 Å². The third-order valence-corrected chi connectivity index (χ3v) is 4.56. The van der Waals surface area contributed by atoms with Gasteiger partial charge in [-0.1, -0.05) is 35.3 Å². The zero-order valence-corrected chi connectivity index (χ0v) is 13.3. The van der Waals surface area contributed by atoms with Crippen molar-refractivity contribution in [2.24, 2.45) is 5.92 Å². The fourth-order valence-corrected chi connectivity index (χ4v) is 3.25. The smallest absolute Gasteiger partial charge is 0.126 e. The molecule has 1 aromatic carbocycles. The highest BCUT2D eigenvalue weighted by Crippen LogP contribution is 2.34. The van der Waals surface area contributed by atoms with Crippen LogP contribution in [0.3, 0.4) is 0 Å². The zero-order chi connectivity index (χ0) is 13.8. The fraction of sp³-hybridized carbons (Fsp3) is 0.625. The van der Waals surface area contributed by atoms with Gasteiger partial charge in [-0.15, -0.1) is 0 Å². The molecule has 0 spiro atoms. The minimum atomic E-state index is -0.494. The van der Waals surface area contributed by atoms with E-state index < -0.39 is 6.10 Å². The monoisotopic (exact) mass is 326 g/mol. The molecule has 0 heterocycles. The minimum absolute atomic E-state index is 0.297. The fourth-order valence-electron chi connectivity index (χ4n) is 2.91. The van der Waals surface area contributed by atoms with Gasteiger partial charge in [0.1, 0.15) is 11.9 Å². The molecule has 0 amide bonds. The van der Waals surface area contributed by atoms with Crippen LogP contribution < -0.4 is 4.74 Å². The van der Waals surface area contributed by atoms with Crippen LogP contribution in [-0.2, 0) is 0 Å². The van der Waals surface area contributed by atoms with Crippen LogP contribution in [0.25, 0.3) is 0 Å². The summed E-state index contributed by atoms with van der Waals surface area (Å²) in [5, 5.41) is 9.85. The number of aliphatic hydroxyl groups excluding tert-OH is 1. The Bertz CT molecular complexity index is 417. The molecule has 3 atom stereocenters. The first kappa shape index (κ1) is 14.9. The van der Waals surface area contributed by atoms with Crippen LogP contribution in [0.15, 0.2) is 22.7 Å². The third-order valence-electron chi connectivity index (χ3n) is 4.07. The Balaban J connectivity index is 2.19. The number of hydrogen-bond acceptors (Lipinski definition) is 2. The molecule has 1 saturated carbocycles. The average molecular weight is 327 g/mol. The molecule has 1 fully saturated rings. The van der Waals surface area contributed by atoms with Crippen LogP contribution in [0.4, 0.5) is 0 Å². The molecular formula is C16H23BrO2. The Morgan fingerprint density at radius 1 is 1.37 bits per heavy atom. The molecule has 1 N–H and O–H groups in total. The molecule has 2 rings (SSSR count). The van der Waals surface area contributed by atoms with Crippen LogP contribution in [0, 0.1) is 5.92 Å². The predicted molar refractivity (Wildman–Crippen MR) is 81.4 cm³/mol.